The van der Waals surface area contributed by atoms with Gasteiger partial charge in [0, 0.05) is 23.8 Å². The van der Waals surface area contributed by atoms with Crippen LogP contribution in [0.3, 0.4) is 0 Å². The van der Waals surface area contributed by atoms with Crippen LogP contribution >= 0.6 is 0 Å². The van der Waals surface area contributed by atoms with Crippen molar-refractivity contribution in [3.8, 4) is 0 Å². The number of allylic oxidation sites excluding steroid dienone is 2. The first kappa shape index (κ1) is 68.4. The van der Waals surface area contributed by atoms with E-state index in [0.717, 1.165) is 5.57 Å². The Bertz CT molecular complexity index is 2560. The molecule has 4 saturated carbocycles. The Hall–Kier alpha value is -2.95. The zero-order valence-electron chi connectivity index (χ0n) is 51.2. The number of carbonyl (C=O) groups excluding carboxylic acids is 2. The summed E-state index contributed by atoms with van der Waals surface area (Å²) in [5, 5.41) is 156. The molecule has 9 rings (SSSR count). The lowest BCUT2D eigenvalue weighted by atomic mass is 9.34. The molecular formula is C60H94O27. The topological polar surface area (TPSA) is 427 Å². The van der Waals surface area contributed by atoms with Gasteiger partial charge < -0.3 is 119 Å². The molecule has 14 N–H and O–H groups in total. The van der Waals surface area contributed by atoms with Gasteiger partial charge >= 0.3 is 17.9 Å². The number of fused-ring (bicyclic) bond motifs is 7. The minimum absolute atomic E-state index is 0.0540. The molecular weight excluding hydrogens is 1150 g/mol. The van der Waals surface area contributed by atoms with Crippen molar-refractivity contribution in [1.29, 1.82) is 0 Å². The highest BCUT2D eigenvalue weighted by Crippen LogP contribution is 2.75. The fraction of sp³-hybridized carbons (Fsp3) is 0.883. The van der Waals surface area contributed by atoms with Crippen LogP contribution < -0.4 is 0 Å². The lowest BCUT2D eigenvalue weighted by Crippen LogP contribution is -2.75. The molecule has 0 spiro atoms. The summed E-state index contributed by atoms with van der Waals surface area (Å²) < 4.78 is 61.3. The SMILES string of the molecule is CC=C(C)C(=O)OC1C(O)C2(OC(C)=O)C(O)CC3(C)C(=CCC4C5(C)CCC(OC6OC(C(=O)O)C(O)C(OC7OC(CO)C(O)C(O)C7OC7OC(C)C(O)C(O)C7O)C6OC6OC(CO)C(O)C(O)C6O)C(C)(C)C5CCC43C)C2CC1(C)C. The summed E-state index contributed by atoms with van der Waals surface area (Å²) in [6.07, 6.45) is -36.4. The molecule has 5 aliphatic carbocycles. The maximum Gasteiger partial charge on any atom is 0.335 e. The quantitative estimate of drug-likeness (QED) is 0.0399. The van der Waals surface area contributed by atoms with Crippen LogP contribution in [-0.2, 0) is 61.8 Å². The largest absolute Gasteiger partial charge is 0.479 e. The van der Waals surface area contributed by atoms with Crippen molar-refractivity contribution in [2.75, 3.05) is 13.2 Å². The Morgan fingerprint density at radius 3 is 1.79 bits per heavy atom. The third-order valence-corrected chi connectivity index (χ3v) is 22.5. The van der Waals surface area contributed by atoms with Crippen LogP contribution in [0.1, 0.15) is 121 Å². The van der Waals surface area contributed by atoms with E-state index in [1.165, 1.54) is 13.8 Å². The Kier molecular flexibility index (Phi) is 19.5. The molecule has 31 unspecified atom stereocenters. The third-order valence-electron chi connectivity index (χ3n) is 22.5. The van der Waals surface area contributed by atoms with Gasteiger partial charge in [-0.05, 0) is 99.2 Å². The van der Waals surface area contributed by atoms with Crippen molar-refractivity contribution >= 4 is 17.9 Å². The minimum Gasteiger partial charge on any atom is -0.479 e. The van der Waals surface area contributed by atoms with Crippen molar-refractivity contribution in [3.63, 3.8) is 0 Å². The summed E-state index contributed by atoms with van der Waals surface area (Å²) in [6, 6.07) is 0. The summed E-state index contributed by atoms with van der Waals surface area (Å²) in [5.74, 6) is -3.98. The predicted molar refractivity (Wildman–Crippen MR) is 294 cm³/mol. The van der Waals surface area contributed by atoms with Gasteiger partial charge in [0.25, 0.3) is 0 Å². The van der Waals surface area contributed by atoms with Crippen molar-refractivity contribution in [2.45, 2.75) is 274 Å². The van der Waals surface area contributed by atoms with Gasteiger partial charge in [-0.1, -0.05) is 66.2 Å². The predicted octanol–water partition coefficient (Wildman–Crippen LogP) is -1.69. The molecule has 0 bridgehead atoms. The maximum atomic E-state index is 13.3. The summed E-state index contributed by atoms with van der Waals surface area (Å²) in [7, 11) is 0. The average molecular weight is 1250 g/mol. The molecule has 4 heterocycles. The molecule has 0 aromatic carbocycles. The van der Waals surface area contributed by atoms with E-state index in [2.05, 4.69) is 26.8 Å². The first-order valence-electron chi connectivity index (χ1n) is 30.4. The van der Waals surface area contributed by atoms with E-state index in [1.54, 1.807) is 19.9 Å². The van der Waals surface area contributed by atoms with Gasteiger partial charge in [0.2, 0.25) is 0 Å². The molecule has 87 heavy (non-hydrogen) atoms. The number of carboxylic acid groups (broad SMARTS) is 1. The number of esters is 2. The summed E-state index contributed by atoms with van der Waals surface area (Å²) in [6.45, 7) is 18.4. The van der Waals surface area contributed by atoms with E-state index >= 15 is 0 Å². The van der Waals surface area contributed by atoms with Gasteiger partial charge in [0.05, 0.1) is 31.5 Å². The Labute approximate surface area is 505 Å². The molecule has 9 aliphatic rings. The molecule has 0 radical (unpaired) electrons. The van der Waals surface area contributed by atoms with Gasteiger partial charge in [-0.25, -0.2) is 9.59 Å². The van der Waals surface area contributed by atoms with Crippen LogP contribution in [0.25, 0.3) is 0 Å². The number of carbonyl (C=O) groups is 3. The molecule has 4 saturated heterocycles. The van der Waals surface area contributed by atoms with Crippen LogP contribution in [0.5, 0.6) is 0 Å². The number of hydrogen-bond acceptors (Lipinski definition) is 26. The van der Waals surface area contributed by atoms with E-state index in [9.17, 15) is 85.9 Å². The van der Waals surface area contributed by atoms with E-state index in [-0.39, 0.29) is 24.7 Å². The number of ether oxygens (including phenoxy) is 10. The van der Waals surface area contributed by atoms with Crippen LogP contribution in [0, 0.1) is 44.8 Å². The number of aliphatic hydroxyl groups excluding tert-OH is 13. The van der Waals surface area contributed by atoms with Gasteiger partial charge in [-0.2, -0.15) is 0 Å². The van der Waals surface area contributed by atoms with E-state index in [0.29, 0.717) is 37.7 Å². The summed E-state index contributed by atoms with van der Waals surface area (Å²) in [5.41, 5.74) is -4.01. The summed E-state index contributed by atoms with van der Waals surface area (Å²) in [4.78, 5) is 39.7. The molecule has 31 atom stereocenters. The number of aliphatic carboxylic acids is 1. The highest BCUT2D eigenvalue weighted by molar-refractivity contribution is 5.87. The second-order valence-corrected chi connectivity index (χ2v) is 28.1. The molecule has 8 fully saturated rings. The zero-order valence-corrected chi connectivity index (χ0v) is 51.2. The van der Waals surface area contributed by atoms with Crippen LogP contribution in [-0.4, -0.2) is 255 Å². The van der Waals surface area contributed by atoms with Crippen molar-refractivity contribution in [2.24, 2.45) is 44.8 Å². The van der Waals surface area contributed by atoms with Crippen molar-refractivity contribution in [3.05, 3.63) is 23.3 Å². The Balaban J connectivity index is 1.05. The number of carboxylic acids is 1. The first-order chi connectivity index (χ1) is 40.5. The van der Waals surface area contributed by atoms with Gasteiger partial charge in [-0.3, -0.25) is 4.79 Å². The molecule has 0 amide bonds. The molecule has 496 valence electrons. The summed E-state index contributed by atoms with van der Waals surface area (Å²) >= 11 is 0. The monoisotopic (exact) mass is 1250 g/mol. The number of rotatable bonds is 14. The standard InChI is InChI=1S/C60H94O27/c1-12-23(2)50(77)86-48-47(74)60(87-25(4)63)27(19-55(48,5)6)26-13-14-31-57(9)17-16-33(56(7,8)30(57)15-18-58(31,10)59(26,11)20-32(60)64)81-54-46(85-52-41(72)38(69)35(66)28(21-61)79-52)43(42(73)44(83-54)49(75)76)82-53-45(39(70)36(67)29(22-62)80-53)84-51-40(71)37(68)34(65)24(3)78-51/h12-13,24,27-48,51-54,61-62,64-74H,14-22H2,1-11H3,(H,75,76). The lowest BCUT2D eigenvalue weighted by Gasteiger charge is -2.72. The van der Waals surface area contributed by atoms with Crippen molar-refractivity contribution < 1.29 is 133 Å². The second-order valence-electron chi connectivity index (χ2n) is 28.1. The van der Waals surface area contributed by atoms with E-state index in [1.807, 2.05) is 27.7 Å². The van der Waals surface area contributed by atoms with Gasteiger partial charge in [-0.15, -0.1) is 0 Å². The lowest BCUT2D eigenvalue weighted by molar-refractivity contribution is -0.406. The molecule has 27 heteroatoms. The first-order valence-corrected chi connectivity index (χ1v) is 30.4. The zero-order chi connectivity index (χ0) is 64.3. The van der Waals surface area contributed by atoms with Crippen LogP contribution in [0.2, 0.25) is 0 Å². The van der Waals surface area contributed by atoms with Crippen LogP contribution in [0.4, 0.5) is 0 Å². The van der Waals surface area contributed by atoms with E-state index < -0.39 is 217 Å². The average Bonchev–Trinajstić information content (AvgIpc) is 0.679. The molecule has 27 nitrogen and oxygen atoms in total. The van der Waals surface area contributed by atoms with Crippen molar-refractivity contribution in [1.82, 2.24) is 0 Å². The molecule has 0 aromatic rings. The van der Waals surface area contributed by atoms with Crippen LogP contribution in [0.15, 0.2) is 23.3 Å². The highest BCUT2D eigenvalue weighted by atomic mass is 16.8. The second kappa shape index (κ2) is 24.8. The third kappa shape index (κ3) is 11.3. The molecule has 4 aliphatic heterocycles. The smallest absolute Gasteiger partial charge is 0.335 e. The van der Waals surface area contributed by atoms with Gasteiger partial charge in [0.1, 0.15) is 97.7 Å². The fourth-order valence-corrected chi connectivity index (χ4v) is 17.3. The number of hydrogen-bond donors (Lipinski definition) is 14. The number of aliphatic hydroxyl groups is 13. The van der Waals surface area contributed by atoms with Gasteiger partial charge in [0.15, 0.2) is 36.9 Å². The Morgan fingerprint density at radius 1 is 0.632 bits per heavy atom. The minimum atomic E-state index is -2.29. The highest BCUT2D eigenvalue weighted by Gasteiger charge is 2.75. The fourth-order valence-electron chi connectivity index (χ4n) is 17.3. The van der Waals surface area contributed by atoms with E-state index in [4.69, 9.17) is 47.4 Å². The maximum absolute atomic E-state index is 13.3. The molecule has 0 aromatic heterocycles. The normalized spacial score (nSPS) is 51.3. The Morgan fingerprint density at radius 2 is 1.20 bits per heavy atom.